The van der Waals surface area contributed by atoms with E-state index >= 15 is 0 Å². The number of hydrogen-bond donors (Lipinski definition) is 1. The van der Waals surface area contributed by atoms with Crippen LogP contribution in [0.4, 0.5) is 4.79 Å². The van der Waals surface area contributed by atoms with E-state index in [0.29, 0.717) is 17.9 Å². The predicted molar refractivity (Wildman–Crippen MR) is 110 cm³/mol. The first kappa shape index (κ1) is 20.4. The molecule has 7 heteroatoms. The number of fused-ring (bicyclic) bond motifs is 1. The van der Waals surface area contributed by atoms with Gasteiger partial charge in [0.15, 0.2) is 0 Å². The van der Waals surface area contributed by atoms with Crippen LogP contribution in [0.3, 0.4) is 0 Å². The Morgan fingerprint density at radius 3 is 2.55 bits per heavy atom. The number of piperidine rings is 1. The average Bonchev–Trinajstić information content (AvgIpc) is 2.93. The maximum Gasteiger partial charge on any atom is 0.327 e. The van der Waals surface area contributed by atoms with Gasteiger partial charge >= 0.3 is 6.03 Å². The first-order chi connectivity index (χ1) is 13.8. The third kappa shape index (κ3) is 3.93. The number of likely N-dealkylation sites (N-methyl/N-ethyl adjacent to an activating group) is 1. The zero-order chi connectivity index (χ0) is 20.8. The molecule has 0 spiro atoms. The maximum absolute atomic E-state index is 12.2. The molecule has 0 radical (unpaired) electrons. The number of amides is 4. The highest BCUT2D eigenvalue weighted by Crippen LogP contribution is 2.59. The van der Waals surface area contributed by atoms with Gasteiger partial charge in [-0.1, -0.05) is 25.5 Å². The van der Waals surface area contributed by atoms with Gasteiger partial charge in [-0.25, -0.2) is 4.79 Å². The fourth-order valence-electron chi connectivity index (χ4n) is 5.54. The SMILES string of the molecule is CN1CC(=O)N(CC(=O)NCC2CCN(CC3=CC[C@H]4C[C@@H]3C4(C)C)CC2)C1=O. The third-order valence-corrected chi connectivity index (χ3v) is 7.82. The largest absolute Gasteiger partial charge is 0.354 e. The van der Waals surface area contributed by atoms with Gasteiger partial charge < -0.3 is 10.2 Å². The van der Waals surface area contributed by atoms with Crippen LogP contribution in [0.25, 0.3) is 0 Å². The Labute approximate surface area is 173 Å². The number of likely N-dealkylation sites (tertiary alicyclic amines) is 1. The molecule has 0 aromatic rings. The van der Waals surface area contributed by atoms with E-state index in [1.54, 1.807) is 12.6 Å². The van der Waals surface area contributed by atoms with E-state index in [9.17, 15) is 14.4 Å². The Balaban J connectivity index is 1.17. The van der Waals surface area contributed by atoms with E-state index in [1.807, 2.05) is 0 Å². The standard InChI is InChI=1S/C22H34N4O3/c1-22(2)17-5-4-16(18(22)10-17)12-25-8-6-15(7-9-25)11-23-19(27)13-26-20(28)14-24(3)21(26)29/h4,15,17-18H,5-14H2,1-3H3,(H,23,27)/t17-,18-/m0/s1. The van der Waals surface area contributed by atoms with E-state index in [4.69, 9.17) is 0 Å². The first-order valence-corrected chi connectivity index (χ1v) is 11.0. The summed E-state index contributed by atoms with van der Waals surface area (Å²) in [5.74, 6) is 1.57. The zero-order valence-electron chi connectivity index (χ0n) is 17.9. The minimum Gasteiger partial charge on any atom is -0.354 e. The Kier molecular flexibility index (Phi) is 5.44. The van der Waals surface area contributed by atoms with Crippen molar-refractivity contribution in [3.05, 3.63) is 11.6 Å². The van der Waals surface area contributed by atoms with Crippen molar-refractivity contribution in [3.63, 3.8) is 0 Å². The molecule has 3 fully saturated rings. The summed E-state index contributed by atoms with van der Waals surface area (Å²) in [5.41, 5.74) is 2.13. The van der Waals surface area contributed by atoms with Crippen molar-refractivity contribution >= 4 is 17.8 Å². The second kappa shape index (κ2) is 7.74. The topological polar surface area (TPSA) is 73.0 Å². The highest BCUT2D eigenvalue weighted by molar-refractivity contribution is 6.04. The van der Waals surface area contributed by atoms with E-state index in [-0.39, 0.29) is 24.9 Å². The molecule has 7 nitrogen and oxygen atoms in total. The molecular weight excluding hydrogens is 368 g/mol. The number of carbonyl (C=O) groups is 3. The summed E-state index contributed by atoms with van der Waals surface area (Å²) in [5, 5.41) is 2.92. The van der Waals surface area contributed by atoms with Crippen LogP contribution in [-0.2, 0) is 9.59 Å². The molecular formula is C22H34N4O3. The van der Waals surface area contributed by atoms with Crippen LogP contribution in [0.1, 0.15) is 39.5 Å². The molecule has 2 aliphatic heterocycles. The van der Waals surface area contributed by atoms with E-state index in [1.165, 1.54) is 17.7 Å². The number of urea groups is 1. The quantitative estimate of drug-likeness (QED) is 0.542. The second-order valence-corrected chi connectivity index (χ2v) is 9.96. The van der Waals surface area contributed by atoms with E-state index in [2.05, 4.69) is 30.1 Å². The van der Waals surface area contributed by atoms with Crippen LogP contribution in [0.2, 0.25) is 0 Å². The molecule has 3 aliphatic carbocycles. The molecule has 2 saturated heterocycles. The lowest BCUT2D eigenvalue weighted by atomic mass is 9.49. The van der Waals surface area contributed by atoms with Crippen LogP contribution in [0.15, 0.2) is 11.6 Å². The van der Waals surface area contributed by atoms with Crippen molar-refractivity contribution in [3.8, 4) is 0 Å². The maximum atomic E-state index is 12.2. The Morgan fingerprint density at radius 1 is 1.24 bits per heavy atom. The van der Waals surface area contributed by atoms with Gasteiger partial charge in [0, 0.05) is 20.1 Å². The van der Waals surface area contributed by atoms with Crippen molar-refractivity contribution in [2.24, 2.45) is 23.2 Å². The molecule has 2 atom stereocenters. The van der Waals surface area contributed by atoms with Gasteiger partial charge in [0.2, 0.25) is 5.91 Å². The summed E-state index contributed by atoms with van der Waals surface area (Å²) >= 11 is 0. The smallest absolute Gasteiger partial charge is 0.327 e. The minimum atomic E-state index is -0.392. The van der Waals surface area contributed by atoms with Gasteiger partial charge in [-0.2, -0.15) is 0 Å². The molecule has 29 heavy (non-hydrogen) atoms. The molecule has 5 aliphatic rings. The normalized spacial score (nSPS) is 29.7. The summed E-state index contributed by atoms with van der Waals surface area (Å²) in [6, 6.07) is -0.392. The van der Waals surface area contributed by atoms with Crippen LogP contribution in [0.5, 0.6) is 0 Å². The van der Waals surface area contributed by atoms with Crippen molar-refractivity contribution < 1.29 is 14.4 Å². The second-order valence-electron chi connectivity index (χ2n) is 9.96. The number of allylic oxidation sites excluding steroid dienone is 1. The third-order valence-electron chi connectivity index (χ3n) is 7.82. The molecule has 2 bridgehead atoms. The Morgan fingerprint density at radius 2 is 1.97 bits per heavy atom. The summed E-state index contributed by atoms with van der Waals surface area (Å²) in [6.45, 7) is 8.60. The number of carbonyl (C=O) groups excluding carboxylic acids is 3. The number of imide groups is 1. The van der Waals surface area contributed by atoms with Gasteiger partial charge in [-0.15, -0.1) is 0 Å². The van der Waals surface area contributed by atoms with Crippen molar-refractivity contribution in [2.75, 3.05) is 46.3 Å². The Hall–Kier alpha value is -1.89. The van der Waals surface area contributed by atoms with E-state index < -0.39 is 6.03 Å². The fourth-order valence-corrected chi connectivity index (χ4v) is 5.54. The lowest BCUT2D eigenvalue weighted by Gasteiger charge is -2.57. The van der Waals surface area contributed by atoms with Crippen molar-refractivity contribution in [1.82, 2.24) is 20.0 Å². The van der Waals surface area contributed by atoms with Crippen LogP contribution in [0, 0.1) is 23.2 Å². The summed E-state index contributed by atoms with van der Waals surface area (Å²) in [7, 11) is 1.57. The summed E-state index contributed by atoms with van der Waals surface area (Å²) < 4.78 is 0. The van der Waals surface area contributed by atoms with Crippen molar-refractivity contribution in [1.29, 1.82) is 0 Å². The summed E-state index contributed by atoms with van der Waals surface area (Å²) in [4.78, 5) is 40.7. The van der Waals surface area contributed by atoms with Crippen molar-refractivity contribution in [2.45, 2.75) is 39.5 Å². The van der Waals surface area contributed by atoms with Gasteiger partial charge in [0.1, 0.15) is 13.1 Å². The van der Waals surface area contributed by atoms with Gasteiger partial charge in [-0.05, 0) is 61.9 Å². The monoisotopic (exact) mass is 402 g/mol. The van der Waals surface area contributed by atoms with Crippen LogP contribution < -0.4 is 5.32 Å². The summed E-state index contributed by atoms with van der Waals surface area (Å²) in [6.07, 6.45) is 7.27. The number of hydrogen-bond acceptors (Lipinski definition) is 4. The molecule has 0 unspecified atom stereocenters. The molecule has 160 valence electrons. The molecule has 4 amide bonds. The molecule has 1 saturated carbocycles. The highest BCUT2D eigenvalue weighted by atomic mass is 16.2. The zero-order valence-corrected chi connectivity index (χ0v) is 17.9. The molecule has 0 aromatic carbocycles. The average molecular weight is 403 g/mol. The lowest BCUT2D eigenvalue weighted by Crippen LogP contribution is -2.50. The Bertz CT molecular complexity index is 724. The van der Waals surface area contributed by atoms with Gasteiger partial charge in [0.05, 0.1) is 0 Å². The predicted octanol–water partition coefficient (Wildman–Crippen LogP) is 1.70. The van der Waals surface area contributed by atoms with Gasteiger partial charge in [0.25, 0.3) is 5.91 Å². The van der Waals surface area contributed by atoms with Gasteiger partial charge in [-0.3, -0.25) is 19.4 Å². The van der Waals surface area contributed by atoms with E-state index in [0.717, 1.165) is 49.2 Å². The molecule has 5 rings (SSSR count). The molecule has 1 N–H and O–H groups in total. The molecule has 2 heterocycles. The number of rotatable bonds is 6. The highest BCUT2D eigenvalue weighted by Gasteiger charge is 2.51. The fraction of sp³-hybridized carbons (Fsp3) is 0.773. The molecule has 0 aromatic heterocycles. The lowest BCUT2D eigenvalue weighted by molar-refractivity contribution is -0.130. The first-order valence-electron chi connectivity index (χ1n) is 11.0. The minimum absolute atomic E-state index is 0.0553. The number of nitrogens with zero attached hydrogens (tertiary/aromatic N) is 3. The van der Waals surface area contributed by atoms with Crippen LogP contribution >= 0.6 is 0 Å². The number of nitrogens with one attached hydrogen (secondary N) is 1. The van der Waals surface area contributed by atoms with Crippen LogP contribution in [-0.4, -0.2) is 78.9 Å².